The van der Waals surface area contributed by atoms with Crippen LogP contribution in [0, 0.1) is 0 Å². The fourth-order valence-corrected chi connectivity index (χ4v) is 3.90. The molecule has 33 heavy (non-hydrogen) atoms. The van der Waals surface area contributed by atoms with E-state index >= 15 is 0 Å². The lowest BCUT2D eigenvalue weighted by atomic mass is 9.90. The second-order valence-corrected chi connectivity index (χ2v) is 7.65. The largest absolute Gasteiger partial charge is 0.504 e. The highest BCUT2D eigenvalue weighted by molar-refractivity contribution is 5.84. The Kier molecular flexibility index (Phi) is 5.91. The number of aliphatic hydroxyl groups is 4. The summed E-state index contributed by atoms with van der Waals surface area (Å²) in [6.45, 7) is -0.657. The third-order valence-corrected chi connectivity index (χ3v) is 5.65. The molecule has 176 valence electrons. The molecule has 7 N–H and O–H groups in total. The quantitative estimate of drug-likeness (QED) is 0.260. The van der Waals surface area contributed by atoms with Gasteiger partial charge in [-0.25, -0.2) is 0 Å². The van der Waals surface area contributed by atoms with Crippen LogP contribution < -0.4 is 10.2 Å². The predicted octanol–water partition coefficient (Wildman–Crippen LogP) is 0.100. The summed E-state index contributed by atoms with van der Waals surface area (Å²) in [6.07, 6.45) is -7.51. The molecule has 5 atom stereocenters. The van der Waals surface area contributed by atoms with Gasteiger partial charge in [-0.2, -0.15) is 0 Å². The van der Waals surface area contributed by atoms with Crippen molar-refractivity contribution in [1.29, 1.82) is 0 Å². The normalized spacial score (nSPS) is 25.3. The molecule has 11 nitrogen and oxygen atoms in total. The third-order valence-electron chi connectivity index (χ3n) is 5.65. The smallest absolute Gasteiger partial charge is 0.200 e. The lowest BCUT2D eigenvalue weighted by molar-refractivity contribution is -0.231. The van der Waals surface area contributed by atoms with Gasteiger partial charge in [-0.15, -0.1) is 0 Å². The van der Waals surface area contributed by atoms with Gasteiger partial charge in [-0.3, -0.25) is 4.79 Å². The lowest BCUT2D eigenvalue weighted by Gasteiger charge is -2.40. The summed E-state index contributed by atoms with van der Waals surface area (Å²) < 4.78 is 16.9. The number of ether oxygens (including phenoxy) is 2. The van der Waals surface area contributed by atoms with E-state index in [1.165, 1.54) is 19.2 Å². The van der Waals surface area contributed by atoms with Gasteiger partial charge in [0.1, 0.15) is 47.6 Å². The Morgan fingerprint density at radius 2 is 1.64 bits per heavy atom. The van der Waals surface area contributed by atoms with E-state index in [9.17, 15) is 40.5 Å². The van der Waals surface area contributed by atoms with Gasteiger partial charge in [-0.05, 0) is 24.3 Å². The molecule has 0 spiro atoms. The minimum absolute atomic E-state index is 0.0399. The van der Waals surface area contributed by atoms with Crippen molar-refractivity contribution in [2.24, 2.45) is 0 Å². The van der Waals surface area contributed by atoms with Crippen molar-refractivity contribution in [3.8, 4) is 34.3 Å². The molecule has 1 aromatic heterocycles. The van der Waals surface area contributed by atoms with Gasteiger partial charge in [-0.1, -0.05) is 0 Å². The van der Waals surface area contributed by atoms with Gasteiger partial charge in [0.05, 0.1) is 24.7 Å². The zero-order chi connectivity index (χ0) is 24.0. The summed E-state index contributed by atoms with van der Waals surface area (Å²) in [4.78, 5) is 12.9. The Hall–Kier alpha value is -3.35. The van der Waals surface area contributed by atoms with Gasteiger partial charge in [0.15, 0.2) is 22.7 Å². The highest BCUT2D eigenvalue weighted by Crippen LogP contribution is 2.43. The first kappa shape index (κ1) is 22.8. The fourth-order valence-electron chi connectivity index (χ4n) is 3.90. The molecule has 11 heteroatoms. The van der Waals surface area contributed by atoms with Gasteiger partial charge < -0.3 is 49.6 Å². The lowest BCUT2D eigenvalue weighted by Crippen LogP contribution is -2.55. The molecule has 1 saturated heterocycles. The Balaban J connectivity index is 1.97. The molecule has 1 aliphatic heterocycles. The van der Waals surface area contributed by atoms with Crippen molar-refractivity contribution in [2.45, 2.75) is 30.5 Å². The molecule has 4 rings (SSSR count). The minimum atomic E-state index is -1.68. The molecule has 2 aromatic carbocycles. The number of methoxy groups -OCH3 is 1. The van der Waals surface area contributed by atoms with Gasteiger partial charge in [0.2, 0.25) is 0 Å². The van der Waals surface area contributed by atoms with Crippen molar-refractivity contribution >= 4 is 11.0 Å². The molecule has 0 saturated carbocycles. The minimum Gasteiger partial charge on any atom is -0.504 e. The van der Waals surface area contributed by atoms with Crippen LogP contribution in [0.25, 0.3) is 22.3 Å². The molecular weight excluding hydrogens is 440 g/mol. The van der Waals surface area contributed by atoms with Crippen LogP contribution in [0.15, 0.2) is 39.5 Å². The highest BCUT2D eigenvalue weighted by Gasteiger charge is 2.46. The summed E-state index contributed by atoms with van der Waals surface area (Å²) in [5.41, 5.74) is -0.512. The molecule has 0 radical (unpaired) electrons. The topological polar surface area (TPSA) is 190 Å². The maximum Gasteiger partial charge on any atom is 0.200 e. The molecular formula is C22H22O11. The highest BCUT2D eigenvalue weighted by atomic mass is 16.5. The van der Waals surface area contributed by atoms with E-state index in [-0.39, 0.29) is 33.6 Å². The van der Waals surface area contributed by atoms with E-state index in [4.69, 9.17) is 13.9 Å². The van der Waals surface area contributed by atoms with Crippen LogP contribution in [-0.4, -0.2) is 73.9 Å². The average Bonchev–Trinajstić information content (AvgIpc) is 2.80. The molecule has 2 heterocycles. The third kappa shape index (κ3) is 3.75. The van der Waals surface area contributed by atoms with E-state index < -0.39 is 59.8 Å². The number of fused-ring (bicyclic) bond motifs is 1. The number of hydrogen-bond acceptors (Lipinski definition) is 11. The van der Waals surface area contributed by atoms with E-state index in [0.29, 0.717) is 0 Å². The monoisotopic (exact) mass is 462 g/mol. The molecule has 0 unspecified atom stereocenters. The van der Waals surface area contributed by atoms with Gasteiger partial charge >= 0.3 is 0 Å². The van der Waals surface area contributed by atoms with E-state index in [0.717, 1.165) is 18.2 Å². The maximum absolute atomic E-state index is 12.9. The first-order chi connectivity index (χ1) is 15.7. The van der Waals surface area contributed by atoms with Crippen LogP contribution in [0.4, 0.5) is 0 Å². The Labute approximate surface area is 185 Å². The predicted molar refractivity (Wildman–Crippen MR) is 112 cm³/mol. The SMILES string of the molecule is COc1ccc2c(=O)cc(-c3cc(O)c(O)c(O)c3)oc2c1[C@@H]1O[C@H](CO)[C@@H](O)[C@H](O)[C@H]1O. The Morgan fingerprint density at radius 1 is 0.970 bits per heavy atom. The maximum atomic E-state index is 12.9. The van der Waals surface area contributed by atoms with Crippen molar-refractivity contribution in [1.82, 2.24) is 0 Å². The van der Waals surface area contributed by atoms with E-state index in [1.54, 1.807) is 0 Å². The number of hydrogen-bond donors (Lipinski definition) is 7. The van der Waals surface area contributed by atoms with Crippen LogP contribution in [0.2, 0.25) is 0 Å². The van der Waals surface area contributed by atoms with Crippen LogP contribution >= 0.6 is 0 Å². The van der Waals surface area contributed by atoms with Crippen LogP contribution in [0.3, 0.4) is 0 Å². The molecule has 0 bridgehead atoms. The van der Waals surface area contributed by atoms with Crippen LogP contribution in [0.5, 0.6) is 23.0 Å². The van der Waals surface area contributed by atoms with Crippen molar-refractivity contribution in [3.05, 3.63) is 46.1 Å². The number of benzene rings is 2. The molecule has 0 aliphatic carbocycles. The summed E-state index contributed by atoms with van der Waals surface area (Å²) in [5.74, 6) is -2.01. The van der Waals surface area contributed by atoms with Crippen molar-refractivity contribution in [3.63, 3.8) is 0 Å². The summed E-state index contributed by atoms with van der Waals surface area (Å²) in [6, 6.07) is 6.12. The number of phenols is 3. The molecule has 0 amide bonds. The summed E-state index contributed by atoms with van der Waals surface area (Å²) >= 11 is 0. The first-order valence-corrected chi connectivity index (χ1v) is 9.88. The number of rotatable bonds is 4. The van der Waals surface area contributed by atoms with Crippen LogP contribution in [0.1, 0.15) is 11.7 Å². The molecule has 1 aliphatic rings. The number of aliphatic hydroxyl groups excluding tert-OH is 4. The van der Waals surface area contributed by atoms with Gasteiger partial charge in [0.25, 0.3) is 0 Å². The van der Waals surface area contributed by atoms with Gasteiger partial charge in [0, 0.05) is 11.6 Å². The van der Waals surface area contributed by atoms with Crippen molar-refractivity contribution in [2.75, 3.05) is 13.7 Å². The average molecular weight is 462 g/mol. The fraction of sp³-hybridized carbons (Fsp3) is 0.318. The Bertz CT molecular complexity index is 1230. The number of aromatic hydroxyl groups is 3. The van der Waals surface area contributed by atoms with Crippen molar-refractivity contribution < 1.29 is 49.6 Å². The first-order valence-electron chi connectivity index (χ1n) is 9.88. The molecule has 1 fully saturated rings. The number of phenolic OH excluding ortho intramolecular Hbond substituents is 3. The zero-order valence-corrected chi connectivity index (χ0v) is 17.2. The summed E-state index contributed by atoms with van der Waals surface area (Å²) in [7, 11) is 1.33. The van der Waals surface area contributed by atoms with E-state index in [2.05, 4.69) is 0 Å². The van der Waals surface area contributed by atoms with E-state index in [1.807, 2.05) is 0 Å². The van der Waals surface area contributed by atoms with Crippen LogP contribution in [-0.2, 0) is 4.74 Å². The molecule has 3 aromatic rings. The second-order valence-electron chi connectivity index (χ2n) is 7.65. The Morgan fingerprint density at radius 3 is 2.24 bits per heavy atom. The standard InChI is InChI=1S/C22H22O11/c1-31-13-3-2-9-10(24)6-14(8-4-11(25)17(27)12(26)5-8)32-21(9)16(13)22-20(30)19(29)18(28)15(7-23)33-22/h2-6,15,18-20,22-23,25-30H,7H2,1H3/t15-,18-,19+,20-,22+/m1/s1. The second kappa shape index (κ2) is 8.54. The summed E-state index contributed by atoms with van der Waals surface area (Å²) in [5, 5.41) is 69.8. The zero-order valence-electron chi connectivity index (χ0n) is 17.2.